The number of rotatable bonds is 7. The molecule has 0 spiro atoms. The van der Waals surface area contributed by atoms with E-state index in [1.54, 1.807) is 31.3 Å². The van der Waals surface area contributed by atoms with Gasteiger partial charge in [0.05, 0.1) is 24.3 Å². The molecule has 1 atom stereocenters. The fourth-order valence-corrected chi connectivity index (χ4v) is 1.96. The van der Waals surface area contributed by atoms with Crippen molar-refractivity contribution in [1.82, 2.24) is 10.2 Å². The molecular weight excluding hydrogens is 254 g/mol. The van der Waals surface area contributed by atoms with Gasteiger partial charge in [-0.15, -0.1) is 0 Å². The van der Waals surface area contributed by atoms with Gasteiger partial charge in [0, 0.05) is 13.6 Å². The van der Waals surface area contributed by atoms with Crippen molar-refractivity contribution >= 4 is 5.91 Å². The quantitative estimate of drug-likeness (QED) is 0.780. The Labute approximate surface area is 119 Å². The van der Waals surface area contributed by atoms with E-state index in [4.69, 9.17) is 5.26 Å². The SMILES string of the molecule is CCCN(CC(=O)NC)CC(O)c1ccc(C#N)cc1. The summed E-state index contributed by atoms with van der Waals surface area (Å²) in [5.41, 5.74) is 1.32. The Morgan fingerprint density at radius 3 is 2.60 bits per heavy atom. The van der Waals surface area contributed by atoms with Crippen LogP contribution in [0.25, 0.3) is 0 Å². The third-order valence-electron chi connectivity index (χ3n) is 3.04. The van der Waals surface area contributed by atoms with E-state index in [9.17, 15) is 9.90 Å². The Hall–Kier alpha value is -1.90. The van der Waals surface area contributed by atoms with Gasteiger partial charge < -0.3 is 10.4 Å². The van der Waals surface area contributed by atoms with Crippen LogP contribution in [0.5, 0.6) is 0 Å². The molecule has 0 heterocycles. The molecule has 0 aliphatic heterocycles. The molecule has 0 aliphatic rings. The molecule has 0 radical (unpaired) electrons. The number of benzene rings is 1. The zero-order valence-corrected chi connectivity index (χ0v) is 12.0. The smallest absolute Gasteiger partial charge is 0.233 e. The molecule has 108 valence electrons. The highest BCUT2D eigenvalue weighted by Crippen LogP contribution is 2.15. The zero-order chi connectivity index (χ0) is 15.0. The zero-order valence-electron chi connectivity index (χ0n) is 12.0. The molecule has 5 nitrogen and oxygen atoms in total. The van der Waals surface area contributed by atoms with Crippen LogP contribution < -0.4 is 5.32 Å². The first kappa shape index (κ1) is 16.2. The van der Waals surface area contributed by atoms with Crippen LogP contribution in [0, 0.1) is 11.3 Å². The molecule has 0 aromatic heterocycles. The summed E-state index contributed by atoms with van der Waals surface area (Å²) in [4.78, 5) is 13.3. The van der Waals surface area contributed by atoms with Crippen LogP contribution in [0.4, 0.5) is 0 Å². The van der Waals surface area contributed by atoms with Gasteiger partial charge in [0.1, 0.15) is 0 Å². The van der Waals surface area contributed by atoms with Gasteiger partial charge in [0.15, 0.2) is 0 Å². The van der Waals surface area contributed by atoms with Crippen molar-refractivity contribution in [1.29, 1.82) is 5.26 Å². The molecule has 0 saturated heterocycles. The highest BCUT2D eigenvalue weighted by Gasteiger charge is 2.15. The summed E-state index contributed by atoms with van der Waals surface area (Å²) in [5.74, 6) is -0.0644. The Bertz CT molecular complexity index is 465. The molecule has 1 amide bonds. The molecular formula is C15H21N3O2. The van der Waals surface area contributed by atoms with Crippen LogP contribution in [0.2, 0.25) is 0 Å². The van der Waals surface area contributed by atoms with Crippen LogP contribution in [-0.4, -0.2) is 42.6 Å². The molecule has 0 aliphatic carbocycles. The topological polar surface area (TPSA) is 76.4 Å². The Morgan fingerprint density at radius 1 is 1.45 bits per heavy atom. The molecule has 5 heteroatoms. The number of amides is 1. The minimum Gasteiger partial charge on any atom is -0.387 e. The van der Waals surface area contributed by atoms with E-state index >= 15 is 0 Å². The van der Waals surface area contributed by atoms with Crippen molar-refractivity contribution in [2.75, 3.05) is 26.7 Å². The van der Waals surface area contributed by atoms with Gasteiger partial charge >= 0.3 is 0 Å². The lowest BCUT2D eigenvalue weighted by atomic mass is 10.1. The second-order valence-electron chi connectivity index (χ2n) is 4.66. The van der Waals surface area contributed by atoms with Gasteiger partial charge in [0.2, 0.25) is 5.91 Å². The second kappa shape index (κ2) is 8.31. The standard InChI is InChI=1S/C15H21N3O2/c1-3-8-18(11-15(20)17-2)10-14(19)13-6-4-12(9-16)5-7-13/h4-7,14,19H,3,8,10-11H2,1-2H3,(H,17,20). The first-order valence-corrected chi connectivity index (χ1v) is 6.71. The lowest BCUT2D eigenvalue weighted by Crippen LogP contribution is -2.38. The summed E-state index contributed by atoms with van der Waals surface area (Å²) in [5, 5.41) is 21.5. The number of likely N-dealkylation sites (N-methyl/N-ethyl adjacent to an activating group) is 1. The Kier molecular flexibility index (Phi) is 6.71. The van der Waals surface area contributed by atoms with Gasteiger partial charge in [-0.2, -0.15) is 5.26 Å². The average molecular weight is 275 g/mol. The molecule has 0 bridgehead atoms. The highest BCUT2D eigenvalue weighted by atomic mass is 16.3. The summed E-state index contributed by atoms with van der Waals surface area (Å²) in [6, 6.07) is 8.89. The maximum absolute atomic E-state index is 11.4. The number of nitrogens with one attached hydrogen (secondary N) is 1. The lowest BCUT2D eigenvalue weighted by molar-refractivity contribution is -0.122. The van der Waals surface area contributed by atoms with Crippen molar-refractivity contribution in [3.8, 4) is 6.07 Å². The third kappa shape index (κ3) is 5.00. The summed E-state index contributed by atoms with van der Waals surface area (Å²) in [7, 11) is 1.60. The molecule has 1 rings (SSSR count). The molecule has 0 saturated carbocycles. The number of aliphatic hydroxyl groups is 1. The molecule has 0 fully saturated rings. The van der Waals surface area contributed by atoms with E-state index in [0.29, 0.717) is 12.1 Å². The second-order valence-corrected chi connectivity index (χ2v) is 4.66. The van der Waals surface area contributed by atoms with Crippen LogP contribution in [0.3, 0.4) is 0 Å². The van der Waals surface area contributed by atoms with Crippen molar-refractivity contribution in [2.24, 2.45) is 0 Å². The van der Waals surface area contributed by atoms with E-state index < -0.39 is 6.10 Å². The van der Waals surface area contributed by atoms with Crippen molar-refractivity contribution in [3.05, 3.63) is 35.4 Å². The van der Waals surface area contributed by atoms with Gasteiger partial charge in [-0.25, -0.2) is 0 Å². The fourth-order valence-electron chi connectivity index (χ4n) is 1.96. The van der Waals surface area contributed by atoms with E-state index in [1.165, 1.54) is 0 Å². The van der Waals surface area contributed by atoms with Crippen molar-refractivity contribution < 1.29 is 9.90 Å². The first-order chi connectivity index (χ1) is 9.60. The third-order valence-corrected chi connectivity index (χ3v) is 3.04. The Balaban J connectivity index is 2.66. The first-order valence-electron chi connectivity index (χ1n) is 6.71. The normalized spacial score (nSPS) is 11.9. The van der Waals surface area contributed by atoms with Crippen molar-refractivity contribution in [2.45, 2.75) is 19.4 Å². The largest absolute Gasteiger partial charge is 0.387 e. The predicted molar refractivity (Wildman–Crippen MR) is 76.9 cm³/mol. The fraction of sp³-hybridized carbons (Fsp3) is 0.467. The lowest BCUT2D eigenvalue weighted by Gasteiger charge is -2.24. The average Bonchev–Trinajstić information content (AvgIpc) is 2.47. The highest BCUT2D eigenvalue weighted by molar-refractivity contribution is 5.77. The summed E-state index contributed by atoms with van der Waals surface area (Å²) < 4.78 is 0. The molecule has 1 aromatic rings. The number of carbonyl (C=O) groups is 1. The monoisotopic (exact) mass is 275 g/mol. The van der Waals surface area contributed by atoms with Gasteiger partial charge in [-0.05, 0) is 30.7 Å². The summed E-state index contributed by atoms with van der Waals surface area (Å²) >= 11 is 0. The van der Waals surface area contributed by atoms with E-state index in [1.807, 2.05) is 17.9 Å². The van der Waals surface area contributed by atoms with E-state index in [-0.39, 0.29) is 12.5 Å². The molecule has 20 heavy (non-hydrogen) atoms. The van der Waals surface area contributed by atoms with Gasteiger partial charge in [0.25, 0.3) is 0 Å². The molecule has 1 unspecified atom stereocenters. The number of nitriles is 1. The molecule has 2 N–H and O–H groups in total. The van der Waals surface area contributed by atoms with Crippen LogP contribution in [-0.2, 0) is 4.79 Å². The summed E-state index contributed by atoms with van der Waals surface area (Å²) in [6.07, 6.45) is 0.246. The number of hydrogen-bond acceptors (Lipinski definition) is 4. The van der Waals surface area contributed by atoms with Crippen molar-refractivity contribution in [3.63, 3.8) is 0 Å². The summed E-state index contributed by atoms with van der Waals surface area (Å²) in [6.45, 7) is 3.45. The molecule has 1 aromatic carbocycles. The maximum atomic E-state index is 11.4. The van der Waals surface area contributed by atoms with E-state index in [0.717, 1.165) is 18.5 Å². The number of hydrogen-bond donors (Lipinski definition) is 2. The number of nitrogens with zero attached hydrogens (tertiary/aromatic N) is 2. The number of carbonyl (C=O) groups excluding carboxylic acids is 1. The van der Waals surface area contributed by atoms with Crippen LogP contribution in [0.15, 0.2) is 24.3 Å². The van der Waals surface area contributed by atoms with E-state index in [2.05, 4.69) is 5.32 Å². The van der Waals surface area contributed by atoms with Gasteiger partial charge in [-0.3, -0.25) is 9.69 Å². The number of aliphatic hydroxyl groups excluding tert-OH is 1. The van der Waals surface area contributed by atoms with Crippen LogP contribution in [0.1, 0.15) is 30.6 Å². The predicted octanol–water partition coefficient (Wildman–Crippen LogP) is 1.05. The van der Waals surface area contributed by atoms with Crippen LogP contribution >= 0.6 is 0 Å². The maximum Gasteiger partial charge on any atom is 0.233 e. The minimum atomic E-state index is -0.668. The van der Waals surface area contributed by atoms with Gasteiger partial charge in [-0.1, -0.05) is 19.1 Å². The minimum absolute atomic E-state index is 0.0644. The Morgan fingerprint density at radius 2 is 2.10 bits per heavy atom.